The first kappa shape index (κ1) is 17.8. The maximum absolute atomic E-state index is 11.9. The Morgan fingerprint density at radius 3 is 2.52 bits per heavy atom. The molecular formula is C13H16BrF3N2O2. The van der Waals surface area contributed by atoms with Crippen LogP contribution in [0.1, 0.15) is 0 Å². The van der Waals surface area contributed by atoms with Gasteiger partial charge in [-0.25, -0.2) is 0 Å². The van der Waals surface area contributed by atoms with Gasteiger partial charge in [-0.15, -0.1) is 0 Å². The summed E-state index contributed by atoms with van der Waals surface area (Å²) in [4.78, 5) is 12.9. The van der Waals surface area contributed by atoms with Crippen LogP contribution in [-0.4, -0.2) is 50.3 Å². The van der Waals surface area contributed by atoms with Gasteiger partial charge in [0.2, 0.25) is 5.91 Å². The number of likely N-dealkylation sites (N-methyl/N-ethyl adjacent to an activating group) is 1. The molecule has 0 atom stereocenters. The molecule has 0 spiro atoms. The van der Waals surface area contributed by atoms with E-state index in [1.807, 2.05) is 12.1 Å². The van der Waals surface area contributed by atoms with Gasteiger partial charge in [0.05, 0.1) is 19.6 Å². The summed E-state index contributed by atoms with van der Waals surface area (Å²) >= 11 is 3.30. The molecule has 0 fully saturated rings. The second-order valence-electron chi connectivity index (χ2n) is 4.34. The van der Waals surface area contributed by atoms with E-state index < -0.39 is 18.6 Å². The van der Waals surface area contributed by atoms with E-state index in [0.29, 0.717) is 12.3 Å². The molecule has 0 aliphatic rings. The van der Waals surface area contributed by atoms with E-state index in [0.717, 1.165) is 4.47 Å². The van der Waals surface area contributed by atoms with E-state index in [4.69, 9.17) is 4.74 Å². The summed E-state index contributed by atoms with van der Waals surface area (Å²) in [6.07, 6.45) is -4.32. The summed E-state index contributed by atoms with van der Waals surface area (Å²) < 4.78 is 42.1. The third kappa shape index (κ3) is 7.91. The normalized spacial score (nSPS) is 11.3. The van der Waals surface area contributed by atoms with E-state index in [-0.39, 0.29) is 13.2 Å². The molecule has 0 aromatic heterocycles. The van der Waals surface area contributed by atoms with Gasteiger partial charge in [-0.1, -0.05) is 15.9 Å². The molecule has 0 aliphatic carbocycles. The number of nitrogens with zero attached hydrogens (tertiary/aromatic N) is 1. The molecule has 0 saturated carbocycles. The number of nitrogens with one attached hydrogen (secondary N) is 1. The molecule has 8 heteroatoms. The monoisotopic (exact) mass is 368 g/mol. The van der Waals surface area contributed by atoms with Crippen LogP contribution in [0.4, 0.5) is 13.2 Å². The number of carbonyl (C=O) groups excluding carboxylic acids is 1. The molecule has 118 valence electrons. The van der Waals surface area contributed by atoms with Crippen molar-refractivity contribution >= 4 is 21.8 Å². The van der Waals surface area contributed by atoms with Gasteiger partial charge in [-0.2, -0.15) is 13.2 Å². The number of ether oxygens (including phenoxy) is 1. The zero-order valence-electron chi connectivity index (χ0n) is 11.4. The minimum absolute atomic E-state index is 0.267. The maximum Gasteiger partial charge on any atom is 0.401 e. The fourth-order valence-electron chi connectivity index (χ4n) is 1.40. The van der Waals surface area contributed by atoms with Gasteiger partial charge in [0.25, 0.3) is 0 Å². The van der Waals surface area contributed by atoms with Crippen LogP contribution in [0.5, 0.6) is 5.75 Å². The second kappa shape index (κ2) is 8.23. The number of rotatable bonds is 7. The Labute approximate surface area is 129 Å². The highest BCUT2D eigenvalue weighted by Gasteiger charge is 2.26. The molecule has 0 saturated heterocycles. The van der Waals surface area contributed by atoms with Crippen molar-refractivity contribution in [3.63, 3.8) is 0 Å². The highest BCUT2D eigenvalue weighted by molar-refractivity contribution is 9.10. The smallest absolute Gasteiger partial charge is 0.401 e. The summed E-state index contributed by atoms with van der Waals surface area (Å²) in [7, 11) is 1.52. The second-order valence-corrected chi connectivity index (χ2v) is 5.25. The Balaban J connectivity index is 2.22. The van der Waals surface area contributed by atoms with Crippen molar-refractivity contribution in [1.82, 2.24) is 10.2 Å². The predicted molar refractivity (Wildman–Crippen MR) is 76.2 cm³/mol. The highest BCUT2D eigenvalue weighted by Crippen LogP contribution is 2.16. The van der Waals surface area contributed by atoms with E-state index in [9.17, 15) is 18.0 Å². The topological polar surface area (TPSA) is 41.6 Å². The zero-order valence-corrected chi connectivity index (χ0v) is 13.0. The minimum Gasteiger partial charge on any atom is -0.492 e. The standard InChI is InChI=1S/C13H16BrF3N2O2/c1-19(12(20)8-18-9-13(15,16)17)6-7-21-11-4-2-10(14)3-5-11/h2-5,18H,6-9H2,1H3. The molecule has 4 nitrogen and oxygen atoms in total. The van der Waals surface area contributed by atoms with Crippen LogP contribution >= 0.6 is 15.9 Å². The third-order valence-electron chi connectivity index (χ3n) is 2.54. The number of alkyl halides is 3. The van der Waals surface area contributed by atoms with Gasteiger partial charge in [-0.3, -0.25) is 4.79 Å². The van der Waals surface area contributed by atoms with Crippen LogP contribution < -0.4 is 10.1 Å². The zero-order chi connectivity index (χ0) is 15.9. The van der Waals surface area contributed by atoms with Crippen molar-refractivity contribution in [1.29, 1.82) is 0 Å². The van der Waals surface area contributed by atoms with Crippen molar-refractivity contribution < 1.29 is 22.7 Å². The van der Waals surface area contributed by atoms with Crippen LogP contribution in [0.2, 0.25) is 0 Å². The Kier molecular flexibility index (Phi) is 6.97. The minimum atomic E-state index is -4.32. The Bertz CT molecular complexity index is 452. The molecular weight excluding hydrogens is 353 g/mol. The van der Waals surface area contributed by atoms with Crippen molar-refractivity contribution in [2.45, 2.75) is 6.18 Å². The first-order chi connectivity index (χ1) is 9.78. The van der Waals surface area contributed by atoms with E-state index in [1.165, 1.54) is 11.9 Å². The quantitative estimate of drug-likeness (QED) is 0.803. The first-order valence-electron chi connectivity index (χ1n) is 6.18. The lowest BCUT2D eigenvalue weighted by Gasteiger charge is -2.18. The van der Waals surface area contributed by atoms with Crippen LogP contribution in [0, 0.1) is 0 Å². The Morgan fingerprint density at radius 2 is 1.95 bits per heavy atom. The lowest BCUT2D eigenvalue weighted by atomic mass is 10.3. The lowest BCUT2D eigenvalue weighted by molar-refractivity contribution is -0.133. The summed E-state index contributed by atoms with van der Waals surface area (Å²) in [6, 6.07) is 7.20. The molecule has 1 aromatic carbocycles. The molecule has 1 amide bonds. The average Bonchev–Trinajstić information content (AvgIpc) is 2.39. The van der Waals surface area contributed by atoms with E-state index in [2.05, 4.69) is 21.2 Å². The van der Waals surface area contributed by atoms with Crippen LogP contribution in [0.25, 0.3) is 0 Å². The van der Waals surface area contributed by atoms with Gasteiger partial charge >= 0.3 is 6.18 Å². The summed E-state index contributed by atoms with van der Waals surface area (Å²) in [5, 5.41) is 2.06. The number of benzene rings is 1. The molecule has 1 rings (SSSR count). The average molecular weight is 369 g/mol. The van der Waals surface area contributed by atoms with Crippen LogP contribution in [-0.2, 0) is 4.79 Å². The molecule has 0 radical (unpaired) electrons. The number of hydrogen-bond acceptors (Lipinski definition) is 3. The molecule has 0 bridgehead atoms. The van der Waals surface area contributed by atoms with Gasteiger partial charge in [0, 0.05) is 11.5 Å². The molecule has 0 unspecified atom stereocenters. The first-order valence-corrected chi connectivity index (χ1v) is 6.97. The lowest BCUT2D eigenvalue weighted by Crippen LogP contribution is -2.40. The number of halogens is 4. The third-order valence-corrected chi connectivity index (χ3v) is 3.07. The summed E-state index contributed by atoms with van der Waals surface area (Å²) in [5.74, 6) is 0.243. The summed E-state index contributed by atoms with van der Waals surface area (Å²) in [6.45, 7) is -0.970. The molecule has 21 heavy (non-hydrogen) atoms. The summed E-state index contributed by atoms with van der Waals surface area (Å²) in [5.41, 5.74) is 0. The van der Waals surface area contributed by atoms with Crippen molar-refractivity contribution in [3.05, 3.63) is 28.7 Å². The van der Waals surface area contributed by atoms with Crippen LogP contribution in [0.15, 0.2) is 28.7 Å². The van der Waals surface area contributed by atoms with E-state index in [1.54, 1.807) is 12.1 Å². The highest BCUT2D eigenvalue weighted by atomic mass is 79.9. The Morgan fingerprint density at radius 1 is 1.33 bits per heavy atom. The number of hydrogen-bond donors (Lipinski definition) is 1. The maximum atomic E-state index is 11.9. The molecule has 0 heterocycles. The van der Waals surface area contributed by atoms with Crippen molar-refractivity contribution in [3.8, 4) is 5.75 Å². The van der Waals surface area contributed by atoms with Crippen molar-refractivity contribution in [2.75, 3.05) is 33.3 Å². The largest absolute Gasteiger partial charge is 0.492 e. The van der Waals surface area contributed by atoms with Crippen molar-refractivity contribution in [2.24, 2.45) is 0 Å². The predicted octanol–water partition coefficient (Wildman–Crippen LogP) is 2.44. The molecule has 1 N–H and O–H groups in total. The fraction of sp³-hybridized carbons (Fsp3) is 0.462. The van der Waals surface area contributed by atoms with Gasteiger partial charge < -0.3 is 15.0 Å². The number of amides is 1. The van der Waals surface area contributed by atoms with Gasteiger partial charge in [0.1, 0.15) is 12.4 Å². The number of carbonyl (C=O) groups is 1. The fourth-order valence-corrected chi connectivity index (χ4v) is 1.67. The Hall–Kier alpha value is -1.28. The van der Waals surface area contributed by atoms with Gasteiger partial charge in [-0.05, 0) is 24.3 Å². The van der Waals surface area contributed by atoms with E-state index >= 15 is 0 Å². The van der Waals surface area contributed by atoms with Crippen LogP contribution in [0.3, 0.4) is 0 Å². The van der Waals surface area contributed by atoms with Gasteiger partial charge in [0.15, 0.2) is 0 Å². The SMILES string of the molecule is CN(CCOc1ccc(Br)cc1)C(=O)CNCC(F)(F)F. The molecule has 1 aromatic rings. The molecule has 0 aliphatic heterocycles.